The number of halogens is 1. The fraction of sp³-hybridized carbons (Fsp3) is 0.0714. The Morgan fingerprint density at radius 1 is 1.26 bits per heavy atom. The van der Waals surface area contributed by atoms with Crippen LogP contribution in [-0.4, -0.2) is 13.0 Å². The topological polar surface area (TPSA) is 64.3 Å². The number of hydrogen-bond donors (Lipinski definition) is 2. The molecule has 0 heterocycles. The number of nitrogens with one attached hydrogen (secondary N) is 1. The van der Waals surface area contributed by atoms with Crippen molar-refractivity contribution in [3.05, 3.63) is 53.1 Å². The van der Waals surface area contributed by atoms with Crippen LogP contribution in [-0.2, 0) is 0 Å². The SMILES string of the molecule is COc1ccc(C(=O)Nc2cccc(Cl)c2)c(N)c1. The second-order valence-corrected chi connectivity index (χ2v) is 4.35. The molecule has 98 valence electrons. The lowest BCUT2D eigenvalue weighted by molar-refractivity contribution is 0.102. The summed E-state index contributed by atoms with van der Waals surface area (Å²) in [5.74, 6) is 0.319. The molecule has 0 spiro atoms. The third-order valence-corrected chi connectivity index (χ3v) is 2.82. The van der Waals surface area contributed by atoms with Gasteiger partial charge in [0.1, 0.15) is 5.75 Å². The van der Waals surface area contributed by atoms with Gasteiger partial charge in [-0.25, -0.2) is 0 Å². The van der Waals surface area contributed by atoms with Crippen LogP contribution in [0.2, 0.25) is 5.02 Å². The molecule has 0 aromatic heterocycles. The number of nitrogens with two attached hydrogens (primary N) is 1. The molecule has 5 heteroatoms. The van der Waals surface area contributed by atoms with Crippen molar-refractivity contribution < 1.29 is 9.53 Å². The first kappa shape index (κ1) is 13.2. The van der Waals surface area contributed by atoms with Crippen LogP contribution in [0.15, 0.2) is 42.5 Å². The minimum Gasteiger partial charge on any atom is -0.497 e. The smallest absolute Gasteiger partial charge is 0.257 e. The largest absolute Gasteiger partial charge is 0.497 e. The molecule has 0 radical (unpaired) electrons. The molecule has 3 N–H and O–H groups in total. The van der Waals surface area contributed by atoms with Crippen molar-refractivity contribution in [1.82, 2.24) is 0 Å². The molecule has 0 bridgehead atoms. The second kappa shape index (κ2) is 5.63. The first-order chi connectivity index (χ1) is 9.10. The van der Waals surface area contributed by atoms with E-state index in [0.29, 0.717) is 27.7 Å². The van der Waals surface area contributed by atoms with Crippen molar-refractivity contribution in [1.29, 1.82) is 0 Å². The van der Waals surface area contributed by atoms with Gasteiger partial charge < -0.3 is 15.8 Å². The third kappa shape index (κ3) is 3.17. The van der Waals surface area contributed by atoms with Gasteiger partial charge in [-0.3, -0.25) is 4.79 Å². The number of carbonyl (C=O) groups excluding carboxylic acids is 1. The maximum Gasteiger partial charge on any atom is 0.257 e. The Balaban J connectivity index is 2.20. The lowest BCUT2D eigenvalue weighted by Crippen LogP contribution is -2.14. The molecule has 19 heavy (non-hydrogen) atoms. The lowest BCUT2D eigenvalue weighted by atomic mass is 10.1. The summed E-state index contributed by atoms with van der Waals surface area (Å²) < 4.78 is 5.03. The Kier molecular flexibility index (Phi) is 3.92. The Morgan fingerprint density at radius 2 is 2.05 bits per heavy atom. The molecule has 0 aliphatic rings. The van der Waals surface area contributed by atoms with Crippen LogP contribution in [0.3, 0.4) is 0 Å². The van der Waals surface area contributed by atoms with Crippen LogP contribution in [0, 0.1) is 0 Å². The van der Waals surface area contributed by atoms with E-state index >= 15 is 0 Å². The fourth-order valence-corrected chi connectivity index (χ4v) is 1.83. The highest BCUT2D eigenvalue weighted by Crippen LogP contribution is 2.21. The molecule has 0 atom stereocenters. The van der Waals surface area contributed by atoms with E-state index in [4.69, 9.17) is 22.1 Å². The zero-order valence-corrected chi connectivity index (χ0v) is 11.1. The quantitative estimate of drug-likeness (QED) is 0.846. The van der Waals surface area contributed by atoms with E-state index in [1.807, 2.05) is 0 Å². The van der Waals surface area contributed by atoms with Crippen LogP contribution in [0.25, 0.3) is 0 Å². The van der Waals surface area contributed by atoms with Crippen LogP contribution in [0.4, 0.5) is 11.4 Å². The molecule has 0 aliphatic heterocycles. The monoisotopic (exact) mass is 276 g/mol. The second-order valence-electron chi connectivity index (χ2n) is 3.92. The molecular weight excluding hydrogens is 264 g/mol. The van der Waals surface area contributed by atoms with E-state index in [-0.39, 0.29) is 5.91 Å². The zero-order chi connectivity index (χ0) is 13.8. The summed E-state index contributed by atoms with van der Waals surface area (Å²) in [6.45, 7) is 0. The number of hydrogen-bond acceptors (Lipinski definition) is 3. The first-order valence-corrected chi connectivity index (χ1v) is 5.98. The van der Waals surface area contributed by atoms with Gasteiger partial charge in [-0.15, -0.1) is 0 Å². The van der Waals surface area contributed by atoms with E-state index < -0.39 is 0 Å². The Morgan fingerprint density at radius 3 is 2.68 bits per heavy atom. The summed E-state index contributed by atoms with van der Waals surface area (Å²) in [6, 6.07) is 11.8. The average molecular weight is 277 g/mol. The number of anilines is 2. The van der Waals surface area contributed by atoms with Gasteiger partial charge in [0, 0.05) is 22.5 Å². The van der Waals surface area contributed by atoms with Gasteiger partial charge in [0.2, 0.25) is 0 Å². The molecule has 2 aromatic carbocycles. The van der Waals surface area contributed by atoms with E-state index in [1.165, 1.54) is 0 Å². The summed E-state index contributed by atoms with van der Waals surface area (Å²) in [7, 11) is 1.54. The summed E-state index contributed by atoms with van der Waals surface area (Å²) in [4.78, 5) is 12.1. The third-order valence-electron chi connectivity index (χ3n) is 2.59. The summed E-state index contributed by atoms with van der Waals surface area (Å²) in [6.07, 6.45) is 0. The molecular formula is C14H13ClN2O2. The van der Waals surface area contributed by atoms with Crippen molar-refractivity contribution in [2.24, 2.45) is 0 Å². The van der Waals surface area contributed by atoms with Crippen molar-refractivity contribution in [3.8, 4) is 5.75 Å². The number of rotatable bonds is 3. The Bertz CT molecular complexity index is 614. The van der Waals surface area contributed by atoms with Gasteiger partial charge in [0.15, 0.2) is 0 Å². The van der Waals surface area contributed by atoms with E-state index in [9.17, 15) is 4.79 Å². The predicted octanol–water partition coefficient (Wildman–Crippen LogP) is 3.18. The van der Waals surface area contributed by atoms with Crippen molar-refractivity contribution >= 4 is 28.9 Å². The fourth-order valence-electron chi connectivity index (χ4n) is 1.64. The molecule has 0 fully saturated rings. The maximum atomic E-state index is 12.1. The molecule has 0 saturated heterocycles. The van der Waals surface area contributed by atoms with E-state index in [0.717, 1.165) is 0 Å². The van der Waals surface area contributed by atoms with Gasteiger partial charge in [0.25, 0.3) is 5.91 Å². The summed E-state index contributed by atoms with van der Waals surface area (Å²) >= 11 is 5.85. The minimum absolute atomic E-state index is 0.289. The van der Waals surface area contributed by atoms with Gasteiger partial charge in [0.05, 0.1) is 12.7 Å². The van der Waals surface area contributed by atoms with Crippen LogP contribution < -0.4 is 15.8 Å². The van der Waals surface area contributed by atoms with Crippen molar-refractivity contribution in [2.45, 2.75) is 0 Å². The number of ether oxygens (including phenoxy) is 1. The van der Waals surface area contributed by atoms with E-state index in [2.05, 4.69) is 5.32 Å². The highest BCUT2D eigenvalue weighted by molar-refractivity contribution is 6.31. The van der Waals surface area contributed by atoms with Crippen LogP contribution in [0.5, 0.6) is 5.75 Å². The molecule has 4 nitrogen and oxygen atoms in total. The minimum atomic E-state index is -0.289. The highest BCUT2D eigenvalue weighted by Gasteiger charge is 2.10. The Hall–Kier alpha value is -2.20. The van der Waals surface area contributed by atoms with Crippen molar-refractivity contribution in [2.75, 3.05) is 18.2 Å². The molecule has 0 unspecified atom stereocenters. The zero-order valence-electron chi connectivity index (χ0n) is 10.3. The molecule has 0 saturated carbocycles. The first-order valence-electron chi connectivity index (χ1n) is 5.60. The number of methoxy groups -OCH3 is 1. The summed E-state index contributed by atoms with van der Waals surface area (Å²) in [5.41, 5.74) is 7.18. The lowest BCUT2D eigenvalue weighted by Gasteiger charge is -2.09. The maximum absolute atomic E-state index is 12.1. The van der Waals surface area contributed by atoms with Crippen LogP contribution >= 0.6 is 11.6 Å². The standard InChI is InChI=1S/C14H13ClN2O2/c1-19-11-5-6-12(13(16)8-11)14(18)17-10-4-2-3-9(15)7-10/h2-8H,16H2,1H3,(H,17,18). The van der Waals surface area contributed by atoms with E-state index in [1.54, 1.807) is 49.6 Å². The molecule has 1 amide bonds. The van der Waals surface area contributed by atoms with Gasteiger partial charge in [-0.1, -0.05) is 17.7 Å². The van der Waals surface area contributed by atoms with Gasteiger partial charge >= 0.3 is 0 Å². The number of benzene rings is 2. The van der Waals surface area contributed by atoms with Crippen LogP contribution in [0.1, 0.15) is 10.4 Å². The molecule has 2 rings (SSSR count). The average Bonchev–Trinajstić information content (AvgIpc) is 2.38. The van der Waals surface area contributed by atoms with Crippen molar-refractivity contribution in [3.63, 3.8) is 0 Å². The van der Waals surface area contributed by atoms with Gasteiger partial charge in [-0.2, -0.15) is 0 Å². The molecule has 2 aromatic rings. The molecule has 0 aliphatic carbocycles. The number of nitrogen functional groups attached to an aromatic ring is 1. The Labute approximate surface area is 116 Å². The number of amides is 1. The predicted molar refractivity (Wildman–Crippen MR) is 76.8 cm³/mol. The number of carbonyl (C=O) groups is 1. The normalized spacial score (nSPS) is 10.0. The van der Waals surface area contributed by atoms with Gasteiger partial charge in [-0.05, 0) is 30.3 Å². The summed E-state index contributed by atoms with van der Waals surface area (Å²) in [5, 5.41) is 3.29. The highest BCUT2D eigenvalue weighted by atomic mass is 35.5.